The van der Waals surface area contributed by atoms with Crippen LogP contribution < -0.4 is 0 Å². The number of hydrogen-bond acceptors (Lipinski definition) is 4. The van der Waals surface area contributed by atoms with Crippen LogP contribution in [0, 0.1) is 18.3 Å². The highest BCUT2D eigenvalue weighted by molar-refractivity contribution is 5.16. The molecule has 0 N–H and O–H groups in total. The van der Waals surface area contributed by atoms with E-state index in [0.717, 1.165) is 37.7 Å². The number of rotatable bonds is 2. The van der Waals surface area contributed by atoms with Gasteiger partial charge in [0, 0.05) is 26.2 Å². The number of furan rings is 1. The minimum Gasteiger partial charge on any atom is -0.464 e. The Bertz CT molecular complexity index is 385. The van der Waals surface area contributed by atoms with E-state index in [4.69, 9.17) is 4.42 Å². The van der Waals surface area contributed by atoms with Crippen molar-refractivity contribution in [3.63, 3.8) is 0 Å². The van der Waals surface area contributed by atoms with Crippen LogP contribution in [0.2, 0.25) is 0 Å². The average molecular weight is 219 g/mol. The molecule has 0 aromatic carbocycles. The summed E-state index contributed by atoms with van der Waals surface area (Å²) in [7, 11) is 2.11. The van der Waals surface area contributed by atoms with E-state index in [1.165, 1.54) is 0 Å². The molecule has 0 unspecified atom stereocenters. The molecular weight excluding hydrogens is 202 g/mol. The van der Waals surface area contributed by atoms with Crippen molar-refractivity contribution in [2.24, 2.45) is 0 Å². The highest BCUT2D eigenvalue weighted by Gasteiger charge is 2.25. The van der Waals surface area contributed by atoms with Gasteiger partial charge in [-0.2, -0.15) is 5.26 Å². The maximum absolute atomic E-state index is 9.24. The normalized spacial score (nSPS) is 20.6. The predicted octanol–water partition coefficient (Wildman–Crippen LogP) is 1.40. The van der Waals surface area contributed by atoms with E-state index in [-0.39, 0.29) is 6.04 Å². The molecule has 1 aromatic rings. The molecule has 4 heteroatoms. The van der Waals surface area contributed by atoms with Crippen molar-refractivity contribution in [3.05, 3.63) is 23.7 Å². The fourth-order valence-electron chi connectivity index (χ4n) is 2.01. The van der Waals surface area contributed by atoms with Crippen molar-refractivity contribution in [3.8, 4) is 6.07 Å². The van der Waals surface area contributed by atoms with Crippen LogP contribution in [0.5, 0.6) is 0 Å². The van der Waals surface area contributed by atoms with Gasteiger partial charge in [-0.3, -0.25) is 4.90 Å². The second kappa shape index (κ2) is 4.69. The van der Waals surface area contributed by atoms with Crippen molar-refractivity contribution < 1.29 is 4.42 Å². The minimum atomic E-state index is -0.234. The molecule has 0 amide bonds. The number of nitriles is 1. The first-order chi connectivity index (χ1) is 7.70. The average Bonchev–Trinajstić information content (AvgIpc) is 2.69. The van der Waals surface area contributed by atoms with Crippen LogP contribution in [0.25, 0.3) is 0 Å². The lowest BCUT2D eigenvalue weighted by molar-refractivity contribution is 0.123. The fourth-order valence-corrected chi connectivity index (χ4v) is 2.01. The Balaban J connectivity index is 2.09. The Kier molecular flexibility index (Phi) is 3.28. The molecule has 0 bridgehead atoms. The Labute approximate surface area is 96.1 Å². The van der Waals surface area contributed by atoms with Gasteiger partial charge in [0.1, 0.15) is 11.5 Å². The molecule has 1 aliphatic rings. The molecule has 1 fully saturated rings. The third-order valence-electron chi connectivity index (χ3n) is 3.06. The lowest BCUT2D eigenvalue weighted by atomic mass is 10.2. The highest BCUT2D eigenvalue weighted by Crippen LogP contribution is 2.23. The molecule has 2 heterocycles. The summed E-state index contributed by atoms with van der Waals surface area (Å²) in [6.07, 6.45) is 0. The zero-order valence-corrected chi connectivity index (χ0v) is 9.81. The SMILES string of the molecule is Cc1ccc([C@H](C#N)N2CCN(C)CC2)o1. The zero-order chi connectivity index (χ0) is 11.5. The second-order valence-electron chi connectivity index (χ2n) is 4.32. The van der Waals surface area contributed by atoms with Gasteiger partial charge < -0.3 is 9.32 Å². The van der Waals surface area contributed by atoms with Gasteiger partial charge in [-0.15, -0.1) is 0 Å². The summed E-state index contributed by atoms with van der Waals surface area (Å²) in [5.41, 5.74) is 0. The summed E-state index contributed by atoms with van der Waals surface area (Å²) in [6.45, 7) is 5.78. The Morgan fingerprint density at radius 1 is 1.31 bits per heavy atom. The quantitative estimate of drug-likeness (QED) is 0.754. The molecule has 2 rings (SSSR count). The van der Waals surface area contributed by atoms with Crippen LogP contribution >= 0.6 is 0 Å². The van der Waals surface area contributed by atoms with Crippen LogP contribution in [0.1, 0.15) is 17.6 Å². The third kappa shape index (κ3) is 2.26. The molecule has 1 aliphatic heterocycles. The van der Waals surface area contributed by atoms with Gasteiger partial charge in [0.05, 0.1) is 6.07 Å². The molecule has 1 aromatic heterocycles. The first-order valence-corrected chi connectivity index (χ1v) is 5.59. The van der Waals surface area contributed by atoms with E-state index < -0.39 is 0 Å². The molecule has 0 radical (unpaired) electrons. The third-order valence-corrected chi connectivity index (χ3v) is 3.06. The summed E-state index contributed by atoms with van der Waals surface area (Å²) >= 11 is 0. The number of nitrogens with zero attached hydrogens (tertiary/aromatic N) is 3. The van der Waals surface area contributed by atoms with E-state index in [2.05, 4.69) is 22.9 Å². The maximum Gasteiger partial charge on any atom is 0.156 e. The summed E-state index contributed by atoms with van der Waals surface area (Å²) in [5, 5.41) is 9.24. The van der Waals surface area contributed by atoms with E-state index in [0.29, 0.717) is 0 Å². The highest BCUT2D eigenvalue weighted by atomic mass is 16.3. The predicted molar refractivity (Wildman–Crippen MR) is 60.9 cm³/mol. The van der Waals surface area contributed by atoms with Crippen molar-refractivity contribution in [2.75, 3.05) is 33.2 Å². The van der Waals surface area contributed by atoms with Gasteiger partial charge in [-0.25, -0.2) is 0 Å². The minimum absolute atomic E-state index is 0.234. The standard InChI is InChI=1S/C12H17N3O/c1-10-3-4-12(16-10)11(9-13)15-7-5-14(2)6-8-15/h3-4,11H,5-8H2,1-2H3/t11-/m0/s1. The van der Waals surface area contributed by atoms with Crippen LogP contribution in [-0.2, 0) is 0 Å². The van der Waals surface area contributed by atoms with Crippen LogP contribution in [-0.4, -0.2) is 43.0 Å². The van der Waals surface area contributed by atoms with Crippen molar-refractivity contribution >= 4 is 0 Å². The number of likely N-dealkylation sites (N-methyl/N-ethyl adjacent to an activating group) is 1. The molecule has 4 nitrogen and oxygen atoms in total. The van der Waals surface area contributed by atoms with Crippen molar-refractivity contribution in [1.29, 1.82) is 5.26 Å². The van der Waals surface area contributed by atoms with Crippen LogP contribution in [0.4, 0.5) is 0 Å². The first-order valence-electron chi connectivity index (χ1n) is 5.59. The smallest absolute Gasteiger partial charge is 0.156 e. The number of hydrogen-bond donors (Lipinski definition) is 0. The molecule has 0 spiro atoms. The van der Waals surface area contributed by atoms with Gasteiger partial charge in [0.2, 0.25) is 0 Å². The van der Waals surface area contributed by atoms with Crippen LogP contribution in [0.15, 0.2) is 16.5 Å². The molecule has 0 aliphatic carbocycles. The van der Waals surface area contributed by atoms with E-state index in [9.17, 15) is 5.26 Å². The van der Waals surface area contributed by atoms with Crippen molar-refractivity contribution in [1.82, 2.24) is 9.80 Å². The van der Waals surface area contributed by atoms with Gasteiger partial charge in [0.15, 0.2) is 6.04 Å². The summed E-state index contributed by atoms with van der Waals surface area (Å²) in [4.78, 5) is 4.45. The van der Waals surface area contributed by atoms with E-state index in [1.54, 1.807) is 0 Å². The second-order valence-corrected chi connectivity index (χ2v) is 4.32. The van der Waals surface area contributed by atoms with Gasteiger partial charge in [-0.05, 0) is 26.1 Å². The van der Waals surface area contributed by atoms with Crippen molar-refractivity contribution in [2.45, 2.75) is 13.0 Å². The van der Waals surface area contributed by atoms with Gasteiger partial charge in [0.25, 0.3) is 0 Å². The Morgan fingerprint density at radius 3 is 2.50 bits per heavy atom. The summed E-state index contributed by atoms with van der Waals surface area (Å²) < 4.78 is 5.54. The van der Waals surface area contributed by atoms with Gasteiger partial charge in [-0.1, -0.05) is 0 Å². The molecule has 86 valence electrons. The molecular formula is C12H17N3O. The lowest BCUT2D eigenvalue weighted by Gasteiger charge is -2.34. The molecule has 1 atom stereocenters. The van der Waals surface area contributed by atoms with Gasteiger partial charge >= 0.3 is 0 Å². The monoisotopic (exact) mass is 219 g/mol. The summed E-state index contributed by atoms with van der Waals surface area (Å²) in [6, 6.07) is 5.91. The summed E-state index contributed by atoms with van der Waals surface area (Å²) in [5.74, 6) is 1.63. The van der Waals surface area contributed by atoms with E-state index in [1.807, 2.05) is 19.1 Å². The topological polar surface area (TPSA) is 43.4 Å². The zero-order valence-electron chi connectivity index (χ0n) is 9.81. The Morgan fingerprint density at radius 2 is 2.00 bits per heavy atom. The Hall–Kier alpha value is -1.31. The largest absolute Gasteiger partial charge is 0.464 e. The van der Waals surface area contributed by atoms with E-state index >= 15 is 0 Å². The number of aryl methyl sites for hydroxylation is 1. The molecule has 0 saturated carbocycles. The maximum atomic E-state index is 9.24. The lowest BCUT2D eigenvalue weighted by Crippen LogP contribution is -2.45. The fraction of sp³-hybridized carbons (Fsp3) is 0.583. The molecule has 16 heavy (non-hydrogen) atoms. The molecule has 1 saturated heterocycles. The number of piperazine rings is 1. The first kappa shape index (κ1) is 11.2. The van der Waals surface area contributed by atoms with Crippen LogP contribution in [0.3, 0.4) is 0 Å².